The first-order valence-corrected chi connectivity index (χ1v) is 5.42. The maximum absolute atomic E-state index is 10.9. The minimum absolute atomic E-state index is 0.0615. The second-order valence-corrected chi connectivity index (χ2v) is 4.12. The van der Waals surface area contributed by atoms with E-state index < -0.39 is 0 Å². The number of amides is 1. The Hall–Kier alpha value is -1.55. The van der Waals surface area contributed by atoms with E-state index in [-0.39, 0.29) is 12.1 Å². The summed E-state index contributed by atoms with van der Waals surface area (Å²) in [5.41, 5.74) is 2.75. The number of ether oxygens (including phenoxy) is 1. The Morgan fingerprint density at radius 3 is 2.69 bits per heavy atom. The molecular formula is C12H16N2O2. The van der Waals surface area contributed by atoms with E-state index >= 15 is 0 Å². The van der Waals surface area contributed by atoms with Crippen molar-refractivity contribution in [1.82, 2.24) is 10.4 Å². The molecule has 1 saturated heterocycles. The number of carbonyl (C=O) groups excluding carboxylic acids is 1. The van der Waals surface area contributed by atoms with E-state index in [1.807, 2.05) is 35.3 Å². The van der Waals surface area contributed by atoms with Crippen molar-refractivity contribution >= 4 is 5.91 Å². The van der Waals surface area contributed by atoms with E-state index in [1.54, 1.807) is 0 Å². The van der Waals surface area contributed by atoms with Gasteiger partial charge >= 0.3 is 0 Å². The number of hydrogen-bond donors (Lipinski definition) is 1. The van der Waals surface area contributed by atoms with Gasteiger partial charge in [0.15, 0.2) is 6.23 Å². The first-order valence-electron chi connectivity index (χ1n) is 5.42. The molecule has 1 aliphatic heterocycles. The summed E-state index contributed by atoms with van der Waals surface area (Å²) in [5, 5.41) is 1.82. The van der Waals surface area contributed by atoms with Crippen LogP contribution in [0.5, 0.6) is 5.75 Å². The van der Waals surface area contributed by atoms with Crippen molar-refractivity contribution in [3.63, 3.8) is 0 Å². The van der Waals surface area contributed by atoms with Crippen LogP contribution in [0.15, 0.2) is 30.3 Å². The van der Waals surface area contributed by atoms with Gasteiger partial charge in [-0.1, -0.05) is 25.1 Å². The Balaban J connectivity index is 1.95. The van der Waals surface area contributed by atoms with Gasteiger partial charge in [-0.05, 0) is 12.1 Å². The smallest absolute Gasteiger partial charge is 0.231 e. The van der Waals surface area contributed by atoms with Gasteiger partial charge in [0.1, 0.15) is 5.75 Å². The number of nitrogens with zero attached hydrogens (tertiary/aromatic N) is 1. The first-order chi connectivity index (χ1) is 7.66. The Morgan fingerprint density at radius 2 is 2.12 bits per heavy atom. The molecule has 4 nitrogen and oxygen atoms in total. The number of rotatable bonds is 3. The molecule has 1 aliphatic rings. The largest absolute Gasteiger partial charge is 0.473 e. The van der Waals surface area contributed by atoms with Gasteiger partial charge in [0.25, 0.3) is 0 Å². The summed E-state index contributed by atoms with van der Waals surface area (Å²) in [6.45, 7) is 4.44. The first kappa shape index (κ1) is 11.0. The lowest BCUT2D eigenvalue weighted by Crippen LogP contribution is -2.64. The Morgan fingerprint density at radius 1 is 1.44 bits per heavy atom. The number of para-hydroxylation sites is 1. The fourth-order valence-electron chi connectivity index (χ4n) is 1.80. The van der Waals surface area contributed by atoms with Crippen molar-refractivity contribution < 1.29 is 9.53 Å². The molecule has 86 valence electrons. The summed E-state index contributed by atoms with van der Waals surface area (Å²) in [6, 6.07) is 9.64. The Labute approximate surface area is 95.2 Å². The molecule has 0 spiro atoms. The molecule has 2 rings (SSSR count). The average Bonchev–Trinajstić information content (AvgIpc) is 2.26. The van der Waals surface area contributed by atoms with Crippen LogP contribution in [0.3, 0.4) is 0 Å². The van der Waals surface area contributed by atoms with Gasteiger partial charge in [0, 0.05) is 19.4 Å². The Kier molecular flexibility index (Phi) is 3.10. The number of hydrazine groups is 1. The van der Waals surface area contributed by atoms with Crippen molar-refractivity contribution in [3.8, 4) is 5.75 Å². The predicted molar refractivity (Wildman–Crippen MR) is 60.5 cm³/mol. The van der Waals surface area contributed by atoms with E-state index in [9.17, 15) is 4.79 Å². The average molecular weight is 220 g/mol. The lowest BCUT2D eigenvalue weighted by molar-refractivity contribution is -0.155. The van der Waals surface area contributed by atoms with Gasteiger partial charge in [-0.3, -0.25) is 10.2 Å². The van der Waals surface area contributed by atoms with E-state index in [2.05, 4.69) is 12.3 Å². The van der Waals surface area contributed by atoms with E-state index in [1.165, 1.54) is 6.92 Å². The normalized spacial score (nSPS) is 24.6. The summed E-state index contributed by atoms with van der Waals surface area (Å²) in [6.07, 6.45) is -0.0636. The second-order valence-electron chi connectivity index (χ2n) is 4.12. The third-order valence-corrected chi connectivity index (χ3v) is 2.58. The minimum atomic E-state index is -0.0636. The summed E-state index contributed by atoms with van der Waals surface area (Å²) >= 11 is 0. The lowest BCUT2D eigenvalue weighted by Gasteiger charge is -2.45. The van der Waals surface area contributed by atoms with Crippen LogP contribution in [0.4, 0.5) is 0 Å². The van der Waals surface area contributed by atoms with Crippen LogP contribution in [0, 0.1) is 5.92 Å². The molecule has 0 saturated carbocycles. The molecule has 0 radical (unpaired) electrons. The highest BCUT2D eigenvalue weighted by molar-refractivity contribution is 5.72. The van der Waals surface area contributed by atoms with Crippen molar-refractivity contribution in [3.05, 3.63) is 30.3 Å². The standard InChI is InChI=1S/C12H16N2O2/c1-9-8-14(13-10(2)15)12(9)16-11-6-4-3-5-7-11/h3-7,9,12H,8H2,1-2H3,(H,13,15). The minimum Gasteiger partial charge on any atom is -0.473 e. The molecule has 1 amide bonds. The molecule has 1 N–H and O–H groups in total. The zero-order valence-electron chi connectivity index (χ0n) is 9.51. The van der Waals surface area contributed by atoms with Gasteiger partial charge in [-0.25, -0.2) is 0 Å². The zero-order valence-corrected chi connectivity index (χ0v) is 9.51. The molecule has 1 aromatic carbocycles. The topological polar surface area (TPSA) is 41.6 Å². The third-order valence-electron chi connectivity index (χ3n) is 2.58. The van der Waals surface area contributed by atoms with Crippen LogP contribution in [0.25, 0.3) is 0 Å². The molecule has 4 heteroatoms. The van der Waals surface area contributed by atoms with Crippen LogP contribution in [-0.2, 0) is 4.79 Å². The summed E-state index contributed by atoms with van der Waals surface area (Å²) in [4.78, 5) is 10.9. The van der Waals surface area contributed by atoms with Crippen LogP contribution in [-0.4, -0.2) is 23.7 Å². The van der Waals surface area contributed by atoms with Crippen LogP contribution in [0.2, 0.25) is 0 Å². The van der Waals surface area contributed by atoms with Crippen molar-refractivity contribution in [2.24, 2.45) is 5.92 Å². The van der Waals surface area contributed by atoms with E-state index in [0.717, 1.165) is 12.3 Å². The predicted octanol–water partition coefficient (Wildman–Crippen LogP) is 1.39. The highest BCUT2D eigenvalue weighted by atomic mass is 16.5. The maximum atomic E-state index is 10.9. The van der Waals surface area contributed by atoms with Crippen LogP contribution >= 0.6 is 0 Å². The van der Waals surface area contributed by atoms with E-state index in [0.29, 0.717) is 5.92 Å². The molecule has 1 fully saturated rings. The number of benzene rings is 1. The molecule has 2 unspecified atom stereocenters. The second kappa shape index (κ2) is 4.53. The summed E-state index contributed by atoms with van der Waals surface area (Å²) in [5.74, 6) is 1.19. The summed E-state index contributed by atoms with van der Waals surface area (Å²) in [7, 11) is 0. The molecule has 2 atom stereocenters. The molecule has 1 aromatic rings. The van der Waals surface area contributed by atoms with Gasteiger partial charge in [-0.15, -0.1) is 0 Å². The van der Waals surface area contributed by atoms with Crippen LogP contribution < -0.4 is 10.2 Å². The van der Waals surface area contributed by atoms with Crippen molar-refractivity contribution in [2.75, 3.05) is 6.54 Å². The van der Waals surface area contributed by atoms with Crippen molar-refractivity contribution in [1.29, 1.82) is 0 Å². The van der Waals surface area contributed by atoms with Gasteiger partial charge in [0.2, 0.25) is 5.91 Å². The number of nitrogens with one attached hydrogen (secondary N) is 1. The van der Waals surface area contributed by atoms with Crippen LogP contribution in [0.1, 0.15) is 13.8 Å². The number of hydrogen-bond acceptors (Lipinski definition) is 3. The van der Waals surface area contributed by atoms with Gasteiger partial charge in [0.05, 0.1) is 0 Å². The molecule has 0 bridgehead atoms. The summed E-state index contributed by atoms with van der Waals surface area (Å²) < 4.78 is 5.79. The van der Waals surface area contributed by atoms with Gasteiger partial charge in [-0.2, -0.15) is 5.01 Å². The zero-order chi connectivity index (χ0) is 11.5. The maximum Gasteiger partial charge on any atom is 0.231 e. The molecule has 16 heavy (non-hydrogen) atoms. The molecule has 0 aromatic heterocycles. The highest BCUT2D eigenvalue weighted by Crippen LogP contribution is 2.25. The quantitative estimate of drug-likeness (QED) is 0.837. The molecular weight excluding hydrogens is 204 g/mol. The van der Waals surface area contributed by atoms with E-state index in [4.69, 9.17) is 4.74 Å². The lowest BCUT2D eigenvalue weighted by atomic mass is 10.0. The SMILES string of the molecule is CC(=O)NN1CC(C)C1Oc1ccccc1. The fraction of sp³-hybridized carbons (Fsp3) is 0.417. The van der Waals surface area contributed by atoms with Crippen molar-refractivity contribution in [2.45, 2.75) is 20.1 Å². The Bertz CT molecular complexity index is 367. The highest BCUT2D eigenvalue weighted by Gasteiger charge is 2.38. The monoisotopic (exact) mass is 220 g/mol. The molecule has 0 aliphatic carbocycles. The fourth-order valence-corrected chi connectivity index (χ4v) is 1.80. The molecule has 1 heterocycles. The third kappa shape index (κ3) is 2.33. The van der Waals surface area contributed by atoms with Gasteiger partial charge < -0.3 is 4.74 Å². The number of carbonyl (C=O) groups is 1.